The topological polar surface area (TPSA) is 38.0 Å². The van der Waals surface area contributed by atoms with Crippen molar-refractivity contribution in [2.45, 2.75) is 0 Å². The zero-order valence-electron chi connectivity index (χ0n) is 39.8. The summed E-state index contributed by atoms with van der Waals surface area (Å²) in [5.74, 6) is 0. The predicted molar refractivity (Wildman–Crippen MR) is 321 cm³/mol. The van der Waals surface area contributed by atoms with Crippen LogP contribution in [0, 0.1) is 17.9 Å². The number of nitrogens with zero attached hydrogens (tertiary/aromatic N) is 4. The minimum absolute atomic E-state index is 0.418. The number of hydrogen-bond donors (Lipinski definition) is 0. The van der Waals surface area contributed by atoms with Gasteiger partial charge >= 0.3 is 0 Å². The molecule has 0 saturated carbocycles. The van der Waals surface area contributed by atoms with Gasteiger partial charge in [-0.15, -0.1) is 34.0 Å². The van der Waals surface area contributed by atoms with Gasteiger partial charge in [-0.05, 0) is 52.6 Å². The summed E-state index contributed by atoms with van der Waals surface area (Å²) in [5.41, 5.74) is 11.9. The summed E-state index contributed by atoms with van der Waals surface area (Å²) < 4.78 is 11.7. The lowest BCUT2D eigenvalue weighted by molar-refractivity contribution is 1.15. The van der Waals surface area contributed by atoms with Gasteiger partial charge in [-0.25, -0.2) is 4.85 Å². The fraction of sp³-hybridized carbons (Fsp3) is 0. The third kappa shape index (κ3) is 5.89. The highest BCUT2D eigenvalue weighted by Gasteiger charge is 2.33. The second kappa shape index (κ2) is 16.1. The van der Waals surface area contributed by atoms with Gasteiger partial charge < -0.3 is 9.13 Å². The number of nitriles is 1. The second-order valence-corrected chi connectivity index (χ2v) is 22.4. The van der Waals surface area contributed by atoms with Crippen LogP contribution in [-0.4, -0.2) is 9.13 Å². The maximum absolute atomic E-state index is 12.5. The van der Waals surface area contributed by atoms with Gasteiger partial charge in [0.05, 0.1) is 59.7 Å². The lowest BCUT2D eigenvalue weighted by Crippen LogP contribution is -2.08. The first-order valence-electron chi connectivity index (χ1n) is 24.9. The number of benzene rings is 11. The van der Waals surface area contributed by atoms with E-state index in [0.717, 1.165) is 108 Å². The molecule has 5 heterocycles. The summed E-state index contributed by atoms with van der Waals surface area (Å²) in [7, 11) is 0. The van der Waals surface area contributed by atoms with E-state index in [4.69, 9.17) is 4.85 Å². The molecule has 16 aromatic rings. The summed E-state index contributed by atoms with van der Waals surface area (Å²) >= 11 is 5.36. The minimum atomic E-state index is 0.418. The van der Waals surface area contributed by atoms with E-state index in [1.807, 2.05) is 12.1 Å². The number of hydrogen-bond acceptors (Lipinski definition) is 4. The lowest BCUT2D eigenvalue weighted by atomic mass is 9.88. The monoisotopic (exact) mass is 1000 g/mol. The van der Waals surface area contributed by atoms with E-state index >= 15 is 0 Å². The second-order valence-electron chi connectivity index (χ2n) is 19.2. The first-order chi connectivity index (χ1) is 37.2. The molecule has 11 aromatic carbocycles. The SMILES string of the molecule is [C-]#[N+]c1c(-c2ccccc2)c(-n2c3ccc(-c4ccccc4)cc3c3ccc4c5ccccc5sc4c32)c(-c2ccccc2)c(C#N)c1-n1c2c(ccc3c4ccccc4sc32)c2ccc3c4ccccc4sc3c21. The van der Waals surface area contributed by atoms with E-state index in [1.54, 1.807) is 34.0 Å². The highest BCUT2D eigenvalue weighted by Crippen LogP contribution is 2.55. The first kappa shape index (κ1) is 42.2. The Bertz CT molecular complexity index is 4990. The van der Waals surface area contributed by atoms with E-state index in [0.29, 0.717) is 16.9 Å². The van der Waals surface area contributed by atoms with Gasteiger partial charge in [0, 0.05) is 79.1 Å². The molecule has 0 fully saturated rings. The van der Waals surface area contributed by atoms with Gasteiger partial charge in [-0.3, -0.25) is 0 Å². The smallest absolute Gasteiger partial charge is 0.221 e. The number of rotatable bonds is 5. The molecule has 5 aromatic heterocycles. The zero-order chi connectivity index (χ0) is 49.5. The van der Waals surface area contributed by atoms with Crippen molar-refractivity contribution in [1.82, 2.24) is 9.13 Å². The van der Waals surface area contributed by atoms with Crippen molar-refractivity contribution < 1.29 is 0 Å². The number of fused-ring (bicyclic) bond motifs is 18. The molecule has 0 amide bonds. The van der Waals surface area contributed by atoms with Crippen LogP contribution in [0.4, 0.5) is 5.69 Å². The van der Waals surface area contributed by atoms with Crippen LogP contribution >= 0.6 is 34.0 Å². The molecule has 0 saturated heterocycles. The Kier molecular flexibility index (Phi) is 9.05. The normalized spacial score (nSPS) is 12.0. The van der Waals surface area contributed by atoms with Crippen LogP contribution in [-0.2, 0) is 0 Å². The van der Waals surface area contributed by atoms with E-state index in [1.165, 1.54) is 35.6 Å². The maximum atomic E-state index is 12.5. The molecule has 0 unspecified atom stereocenters. The van der Waals surface area contributed by atoms with Crippen molar-refractivity contribution in [2.75, 3.05) is 0 Å². The van der Waals surface area contributed by atoms with Gasteiger partial charge in [0.2, 0.25) is 5.69 Å². The van der Waals surface area contributed by atoms with E-state index in [-0.39, 0.29) is 0 Å². The van der Waals surface area contributed by atoms with Crippen LogP contribution in [0.25, 0.3) is 154 Å². The highest BCUT2D eigenvalue weighted by molar-refractivity contribution is 7.27. The molecule has 4 nitrogen and oxygen atoms in total. The average molecular weight is 1010 g/mol. The fourth-order valence-electron chi connectivity index (χ4n) is 12.2. The molecule has 0 aliphatic carbocycles. The van der Waals surface area contributed by atoms with Gasteiger partial charge in [-0.2, -0.15) is 5.26 Å². The van der Waals surface area contributed by atoms with Crippen LogP contribution in [0.3, 0.4) is 0 Å². The van der Waals surface area contributed by atoms with Crippen LogP contribution in [0.2, 0.25) is 0 Å². The maximum Gasteiger partial charge on any atom is 0.221 e. The Hall–Kier alpha value is -9.34. The zero-order valence-corrected chi connectivity index (χ0v) is 42.2. The van der Waals surface area contributed by atoms with Crippen LogP contribution in [0.5, 0.6) is 0 Å². The average Bonchev–Trinajstić information content (AvgIpc) is 4.44. The third-order valence-electron chi connectivity index (χ3n) is 15.4. The van der Waals surface area contributed by atoms with Crippen molar-refractivity contribution in [3.05, 3.63) is 235 Å². The summed E-state index contributed by atoms with van der Waals surface area (Å²) in [6.45, 7) is 9.72. The van der Waals surface area contributed by atoms with E-state index in [2.05, 4.69) is 221 Å². The van der Waals surface area contributed by atoms with Gasteiger partial charge in [-0.1, -0.05) is 188 Å². The van der Waals surface area contributed by atoms with Crippen LogP contribution in [0.1, 0.15) is 5.56 Å². The molecule has 0 radical (unpaired) electrons. The van der Waals surface area contributed by atoms with Gasteiger partial charge in [0.15, 0.2) is 0 Å². The molecule has 75 heavy (non-hydrogen) atoms. The molecule has 0 aliphatic rings. The predicted octanol–water partition coefficient (Wildman–Crippen LogP) is 20.4. The summed E-state index contributed by atoms with van der Waals surface area (Å²) in [6, 6.07) is 80.7. The largest absolute Gasteiger partial charge is 0.315 e. The molecule has 0 spiro atoms. The van der Waals surface area contributed by atoms with Crippen molar-refractivity contribution in [3.63, 3.8) is 0 Å². The fourth-order valence-corrected chi connectivity index (χ4v) is 15.9. The standard InChI is InChI=1S/C68H36N4S3/c1-70-60-59(41-21-9-4-10-22-41)65(71-54-36-29-42(39-17-5-2-6-18-39)37-52(54)48-32-35-49-43-23-11-14-26-55(43)73-66(49)62(48)71)58(40-19-7-3-8-20-40)53(38-69)61(60)72-63-46(30-33-50-44-24-12-15-27-56(44)74-67(50)63)47-31-34-51-45-25-13-16-28-57(45)75-68(51)64(47)72/h2-37H. The van der Waals surface area contributed by atoms with Crippen molar-refractivity contribution in [1.29, 1.82) is 5.26 Å². The quantitative estimate of drug-likeness (QED) is 0.158. The third-order valence-corrected chi connectivity index (χ3v) is 19.0. The van der Waals surface area contributed by atoms with Crippen LogP contribution < -0.4 is 0 Å². The number of thiophene rings is 3. The molecular weight excluding hydrogens is 969 g/mol. The van der Waals surface area contributed by atoms with E-state index in [9.17, 15) is 11.8 Å². The van der Waals surface area contributed by atoms with Crippen molar-refractivity contribution in [3.8, 4) is 50.8 Å². The van der Waals surface area contributed by atoms with Crippen LogP contribution in [0.15, 0.2) is 218 Å². The summed E-state index contributed by atoms with van der Waals surface area (Å²) in [4.78, 5) is 4.76. The Morgan fingerprint density at radius 2 is 0.773 bits per heavy atom. The Morgan fingerprint density at radius 1 is 0.360 bits per heavy atom. The summed E-state index contributed by atoms with van der Waals surface area (Å²) in [6.07, 6.45) is 0. The Balaban J connectivity index is 1.17. The Morgan fingerprint density at radius 3 is 1.25 bits per heavy atom. The van der Waals surface area contributed by atoms with Crippen molar-refractivity contribution >= 4 is 144 Å². The molecule has 0 N–H and O–H groups in total. The molecule has 0 atom stereocenters. The molecule has 0 bridgehead atoms. The van der Waals surface area contributed by atoms with E-state index < -0.39 is 0 Å². The molecule has 0 aliphatic heterocycles. The van der Waals surface area contributed by atoms with Gasteiger partial charge in [0.25, 0.3) is 0 Å². The van der Waals surface area contributed by atoms with Gasteiger partial charge in [0.1, 0.15) is 6.07 Å². The van der Waals surface area contributed by atoms with Crippen molar-refractivity contribution in [2.24, 2.45) is 0 Å². The number of aromatic nitrogens is 2. The lowest BCUT2D eigenvalue weighted by Gasteiger charge is -2.26. The first-order valence-corrected chi connectivity index (χ1v) is 27.4. The Labute approximate surface area is 441 Å². The summed E-state index contributed by atoms with van der Waals surface area (Å²) in [5, 5.41) is 23.9. The highest BCUT2D eigenvalue weighted by atomic mass is 32.1. The minimum Gasteiger partial charge on any atom is -0.315 e. The molecular formula is C68H36N4S3. The molecule has 16 rings (SSSR count). The molecule has 7 heteroatoms. The molecule has 346 valence electrons.